The average molecular weight is 309 g/mol. The summed E-state index contributed by atoms with van der Waals surface area (Å²) >= 11 is 11.6. The zero-order valence-corrected chi connectivity index (χ0v) is 11.4. The fourth-order valence-electron chi connectivity index (χ4n) is 1.47. The van der Waals surface area contributed by atoms with E-state index in [9.17, 15) is 10.1 Å². The normalized spacial score (nSPS) is 9.85. The second kappa shape index (κ2) is 5.78. The van der Waals surface area contributed by atoms with Crippen LogP contribution >= 0.6 is 23.2 Å². The lowest BCUT2D eigenvalue weighted by molar-refractivity contribution is -0.385. The number of hydrogen-bond acceptors (Lipinski definition) is 4. The van der Waals surface area contributed by atoms with Crippen LogP contribution in [0.15, 0.2) is 36.4 Å². The van der Waals surface area contributed by atoms with Crippen molar-refractivity contribution >= 4 is 28.9 Å². The van der Waals surface area contributed by atoms with Crippen molar-refractivity contribution in [2.75, 3.05) is 0 Å². The van der Waals surface area contributed by atoms with Crippen LogP contribution in [-0.2, 0) is 0 Å². The van der Waals surface area contributed by atoms with Crippen LogP contribution in [0.1, 0.15) is 5.56 Å². The number of nitrogens with zero attached hydrogens (tertiary/aromatic N) is 2. The maximum absolute atomic E-state index is 11.0. The van der Waals surface area contributed by atoms with E-state index in [0.29, 0.717) is 11.3 Å². The van der Waals surface area contributed by atoms with E-state index in [1.54, 1.807) is 12.1 Å². The molecule has 20 heavy (non-hydrogen) atoms. The highest BCUT2D eigenvalue weighted by Crippen LogP contribution is 2.37. The van der Waals surface area contributed by atoms with Gasteiger partial charge in [0.05, 0.1) is 26.6 Å². The maximum Gasteiger partial charge on any atom is 0.313 e. The monoisotopic (exact) mass is 308 g/mol. The highest BCUT2D eigenvalue weighted by Gasteiger charge is 2.19. The number of ether oxygens (including phenoxy) is 1. The van der Waals surface area contributed by atoms with Gasteiger partial charge < -0.3 is 4.74 Å². The topological polar surface area (TPSA) is 76.2 Å². The molecule has 100 valence electrons. The molecule has 2 rings (SSSR count). The van der Waals surface area contributed by atoms with Gasteiger partial charge in [-0.25, -0.2) is 0 Å². The summed E-state index contributed by atoms with van der Waals surface area (Å²) in [5.41, 5.74) is 0.171. The summed E-state index contributed by atoms with van der Waals surface area (Å²) in [5, 5.41) is 19.9. The number of nitro groups is 1. The molecule has 0 heterocycles. The van der Waals surface area contributed by atoms with E-state index in [1.807, 2.05) is 6.07 Å². The largest absolute Gasteiger partial charge is 0.450 e. The zero-order chi connectivity index (χ0) is 14.7. The van der Waals surface area contributed by atoms with Gasteiger partial charge in [0.2, 0.25) is 5.75 Å². The van der Waals surface area contributed by atoms with Gasteiger partial charge in [-0.3, -0.25) is 10.1 Å². The van der Waals surface area contributed by atoms with Crippen molar-refractivity contribution in [2.24, 2.45) is 0 Å². The van der Waals surface area contributed by atoms with Gasteiger partial charge in [-0.1, -0.05) is 23.2 Å². The van der Waals surface area contributed by atoms with Crippen molar-refractivity contribution in [3.05, 3.63) is 62.1 Å². The minimum absolute atomic E-state index is 0.0193. The zero-order valence-electron chi connectivity index (χ0n) is 9.84. The van der Waals surface area contributed by atoms with Gasteiger partial charge in [0.25, 0.3) is 0 Å². The van der Waals surface area contributed by atoms with Gasteiger partial charge >= 0.3 is 5.69 Å². The predicted molar refractivity (Wildman–Crippen MR) is 74.3 cm³/mol. The lowest BCUT2D eigenvalue weighted by Crippen LogP contribution is -1.94. The molecule has 0 unspecified atom stereocenters. The van der Waals surface area contributed by atoms with Crippen molar-refractivity contribution in [2.45, 2.75) is 0 Å². The SMILES string of the molecule is N#Cc1ccc(Oc2cc(Cl)c(Cl)cc2[N+](=O)[O-])cc1. The van der Waals surface area contributed by atoms with Crippen molar-refractivity contribution < 1.29 is 9.66 Å². The summed E-state index contributed by atoms with van der Waals surface area (Å²) in [4.78, 5) is 10.3. The number of benzene rings is 2. The molecule has 0 bridgehead atoms. The summed E-state index contributed by atoms with van der Waals surface area (Å²) < 4.78 is 5.41. The summed E-state index contributed by atoms with van der Waals surface area (Å²) in [6.07, 6.45) is 0. The van der Waals surface area contributed by atoms with Crippen molar-refractivity contribution in [3.63, 3.8) is 0 Å². The van der Waals surface area contributed by atoms with Crippen LogP contribution in [0.3, 0.4) is 0 Å². The van der Waals surface area contributed by atoms with Gasteiger partial charge in [0.1, 0.15) is 5.75 Å². The highest BCUT2D eigenvalue weighted by atomic mass is 35.5. The summed E-state index contributed by atoms with van der Waals surface area (Å²) in [5.74, 6) is 0.333. The molecule has 2 aromatic carbocycles. The number of hydrogen-bond donors (Lipinski definition) is 0. The maximum atomic E-state index is 11.0. The molecule has 0 aliphatic carbocycles. The molecule has 2 aromatic rings. The lowest BCUT2D eigenvalue weighted by Gasteiger charge is -2.07. The molecule has 0 aromatic heterocycles. The van der Waals surface area contributed by atoms with Crippen LogP contribution < -0.4 is 4.74 Å². The van der Waals surface area contributed by atoms with E-state index in [-0.39, 0.29) is 21.5 Å². The van der Waals surface area contributed by atoms with Crippen LogP contribution in [0.25, 0.3) is 0 Å². The van der Waals surface area contributed by atoms with Gasteiger partial charge in [-0.2, -0.15) is 5.26 Å². The first-order valence-electron chi connectivity index (χ1n) is 5.32. The Kier molecular flexibility index (Phi) is 4.08. The van der Waals surface area contributed by atoms with Gasteiger partial charge in [0.15, 0.2) is 0 Å². The van der Waals surface area contributed by atoms with Crippen molar-refractivity contribution in [3.8, 4) is 17.6 Å². The van der Waals surface area contributed by atoms with Gasteiger partial charge in [-0.05, 0) is 24.3 Å². The van der Waals surface area contributed by atoms with Crippen LogP contribution in [0.2, 0.25) is 10.0 Å². The standard InChI is InChI=1S/C13H6Cl2N2O3/c14-10-5-12(17(18)19)13(6-11(10)15)20-9-3-1-8(7-16)2-4-9/h1-6H. The second-order valence-corrected chi connectivity index (χ2v) is 4.54. The molecule has 0 fully saturated rings. The summed E-state index contributed by atoms with van der Waals surface area (Å²) in [6.45, 7) is 0. The Bertz CT molecular complexity index is 709. The first-order valence-corrected chi connectivity index (χ1v) is 6.08. The molecular weight excluding hydrogens is 303 g/mol. The van der Waals surface area contributed by atoms with Crippen LogP contribution in [-0.4, -0.2) is 4.92 Å². The molecule has 0 N–H and O–H groups in total. The molecule has 0 aliphatic heterocycles. The quantitative estimate of drug-likeness (QED) is 0.615. The lowest BCUT2D eigenvalue weighted by atomic mass is 10.2. The third-order valence-electron chi connectivity index (χ3n) is 2.41. The Hall–Kier alpha value is -2.29. The second-order valence-electron chi connectivity index (χ2n) is 3.73. The minimum Gasteiger partial charge on any atom is -0.450 e. The van der Waals surface area contributed by atoms with E-state index in [4.69, 9.17) is 33.2 Å². The molecule has 0 spiro atoms. The molecule has 0 aliphatic rings. The van der Waals surface area contributed by atoms with Crippen molar-refractivity contribution in [1.82, 2.24) is 0 Å². The molecule has 0 atom stereocenters. The fourth-order valence-corrected chi connectivity index (χ4v) is 1.78. The van der Waals surface area contributed by atoms with Crippen molar-refractivity contribution in [1.29, 1.82) is 5.26 Å². The van der Waals surface area contributed by atoms with E-state index in [0.717, 1.165) is 6.07 Å². The molecule has 0 radical (unpaired) electrons. The molecule has 0 saturated carbocycles. The van der Waals surface area contributed by atoms with Crippen LogP contribution in [0.4, 0.5) is 5.69 Å². The van der Waals surface area contributed by atoms with E-state index in [2.05, 4.69) is 0 Å². The Morgan fingerprint density at radius 2 is 1.75 bits per heavy atom. The Balaban J connectivity index is 2.39. The summed E-state index contributed by atoms with van der Waals surface area (Å²) in [6, 6.07) is 10.5. The van der Waals surface area contributed by atoms with Gasteiger partial charge in [-0.15, -0.1) is 0 Å². The van der Waals surface area contributed by atoms with Crippen LogP contribution in [0.5, 0.6) is 11.5 Å². The van der Waals surface area contributed by atoms with E-state index < -0.39 is 4.92 Å². The van der Waals surface area contributed by atoms with E-state index in [1.165, 1.54) is 18.2 Å². The third-order valence-corrected chi connectivity index (χ3v) is 3.13. The number of rotatable bonds is 3. The highest BCUT2D eigenvalue weighted by molar-refractivity contribution is 6.42. The first-order chi connectivity index (χ1) is 9.51. The Morgan fingerprint density at radius 3 is 2.30 bits per heavy atom. The molecule has 7 heteroatoms. The molecule has 0 saturated heterocycles. The van der Waals surface area contributed by atoms with Crippen LogP contribution in [0, 0.1) is 21.4 Å². The smallest absolute Gasteiger partial charge is 0.313 e. The van der Waals surface area contributed by atoms with E-state index >= 15 is 0 Å². The molecule has 0 amide bonds. The fraction of sp³-hybridized carbons (Fsp3) is 0. The van der Waals surface area contributed by atoms with Gasteiger partial charge in [0, 0.05) is 12.1 Å². The Morgan fingerprint density at radius 1 is 1.15 bits per heavy atom. The molecule has 5 nitrogen and oxygen atoms in total. The first kappa shape index (κ1) is 14.1. The average Bonchev–Trinajstić information content (AvgIpc) is 2.43. The predicted octanol–water partition coefficient (Wildman–Crippen LogP) is 4.57. The molecular formula is C13H6Cl2N2O3. The summed E-state index contributed by atoms with van der Waals surface area (Å²) in [7, 11) is 0. The third kappa shape index (κ3) is 2.99. The minimum atomic E-state index is -0.610. The Labute approximate surface area is 124 Å². The number of halogens is 2. The number of nitriles is 1. The number of nitro benzene ring substituents is 1.